The van der Waals surface area contributed by atoms with Crippen molar-refractivity contribution < 1.29 is 19.1 Å². The zero-order chi connectivity index (χ0) is 28.7. The van der Waals surface area contributed by atoms with Gasteiger partial charge in [-0.15, -0.1) is 0 Å². The molecule has 6 heteroatoms. The first-order valence-corrected chi connectivity index (χ1v) is 15.0. The molecular weight excluding hydrogens is 566 g/mol. The van der Waals surface area contributed by atoms with E-state index >= 15 is 0 Å². The molecule has 2 aliphatic carbocycles. The van der Waals surface area contributed by atoms with Crippen LogP contribution in [0.1, 0.15) is 76.8 Å². The number of methoxy groups -OCH3 is 1. The second kappa shape index (κ2) is 11.3. The van der Waals surface area contributed by atoms with Crippen molar-refractivity contribution in [3.05, 3.63) is 86.7 Å². The van der Waals surface area contributed by atoms with Crippen LogP contribution in [0.3, 0.4) is 0 Å². The molecule has 5 nitrogen and oxygen atoms in total. The molecule has 3 aliphatic rings. The number of hydrogen-bond donors (Lipinski definition) is 0. The molecule has 0 saturated carbocycles. The first-order valence-electron chi connectivity index (χ1n) is 14.2. The number of benzene rings is 2. The Morgan fingerprint density at radius 1 is 0.850 bits per heavy atom. The van der Waals surface area contributed by atoms with Gasteiger partial charge in [0.25, 0.3) is 0 Å². The Hall–Kier alpha value is -2.70. The summed E-state index contributed by atoms with van der Waals surface area (Å²) in [5.74, 6) is 0.734. The number of allylic oxidation sites excluding steroid dienone is 4. The van der Waals surface area contributed by atoms with Crippen LogP contribution in [0.15, 0.2) is 75.5 Å². The normalized spacial score (nSPS) is 20.5. The van der Waals surface area contributed by atoms with Crippen LogP contribution in [-0.4, -0.2) is 36.7 Å². The van der Waals surface area contributed by atoms with E-state index in [0.29, 0.717) is 26.1 Å². The maximum atomic E-state index is 13.9. The monoisotopic (exact) mass is 605 g/mol. The van der Waals surface area contributed by atoms with Crippen molar-refractivity contribution >= 4 is 27.5 Å². The highest BCUT2D eigenvalue weighted by atomic mass is 79.9. The number of rotatable bonds is 8. The lowest BCUT2D eigenvalue weighted by Gasteiger charge is -2.49. The van der Waals surface area contributed by atoms with E-state index in [1.807, 2.05) is 48.5 Å². The topological polar surface area (TPSA) is 55.8 Å². The number of halogens is 1. The second-order valence-electron chi connectivity index (χ2n) is 13.0. The van der Waals surface area contributed by atoms with Crippen LogP contribution in [0.2, 0.25) is 0 Å². The zero-order valence-electron chi connectivity index (χ0n) is 24.3. The number of carbonyl (C=O) groups excluding carboxylic acids is 2. The second-order valence-corrected chi connectivity index (χ2v) is 13.8. The molecule has 0 radical (unpaired) electrons. The molecule has 0 atom stereocenters. The van der Waals surface area contributed by atoms with Crippen molar-refractivity contribution in [1.29, 1.82) is 0 Å². The van der Waals surface area contributed by atoms with Crippen LogP contribution in [0, 0.1) is 10.8 Å². The van der Waals surface area contributed by atoms with Gasteiger partial charge in [0.1, 0.15) is 12.4 Å². The third-order valence-corrected chi connectivity index (χ3v) is 9.09. The fourth-order valence-electron chi connectivity index (χ4n) is 6.55. The summed E-state index contributed by atoms with van der Waals surface area (Å²) in [5, 5.41) is 0. The largest absolute Gasteiger partial charge is 0.489 e. The van der Waals surface area contributed by atoms with E-state index in [2.05, 4.69) is 48.5 Å². The van der Waals surface area contributed by atoms with Gasteiger partial charge >= 0.3 is 0 Å². The number of ether oxygens (including phenoxy) is 2. The number of ketones is 2. The molecule has 0 aromatic heterocycles. The van der Waals surface area contributed by atoms with E-state index in [4.69, 9.17) is 9.47 Å². The molecule has 0 bridgehead atoms. The standard InChI is InChI=1S/C34H40BrNO4/c1-33(2)17-26-31(28(37)19-33)30(22-11-13-24(14-12-22)40-21-23-9-6-7-10-25(23)35)32-27(36(26)15-8-16-39-5)18-34(3,4)20-29(32)38/h6-7,9-14,30H,8,15-21H2,1-5H3. The summed E-state index contributed by atoms with van der Waals surface area (Å²) < 4.78 is 12.5. The molecule has 5 rings (SSSR count). The number of Topliss-reactive ketones (excluding diaryl/α,β-unsaturated/α-hetero) is 2. The Morgan fingerprint density at radius 3 is 1.98 bits per heavy atom. The van der Waals surface area contributed by atoms with E-state index in [0.717, 1.165) is 69.7 Å². The molecule has 0 unspecified atom stereocenters. The van der Waals surface area contributed by atoms with E-state index in [9.17, 15) is 9.59 Å². The van der Waals surface area contributed by atoms with Crippen molar-refractivity contribution in [3.63, 3.8) is 0 Å². The van der Waals surface area contributed by atoms with Gasteiger partial charge in [-0.25, -0.2) is 0 Å². The van der Waals surface area contributed by atoms with E-state index in [1.54, 1.807) is 7.11 Å². The minimum atomic E-state index is -0.340. The lowest BCUT2D eigenvalue weighted by Crippen LogP contribution is -2.44. The fraction of sp³-hybridized carbons (Fsp3) is 0.471. The summed E-state index contributed by atoms with van der Waals surface area (Å²) in [6, 6.07) is 16.0. The van der Waals surface area contributed by atoms with Gasteiger partial charge in [0, 0.05) is 71.6 Å². The van der Waals surface area contributed by atoms with Gasteiger partial charge in [-0.1, -0.05) is 74.0 Å². The summed E-state index contributed by atoms with van der Waals surface area (Å²) in [7, 11) is 1.72. The van der Waals surface area contributed by atoms with Gasteiger partial charge in [0.15, 0.2) is 11.6 Å². The SMILES string of the molecule is COCCCN1C2=C(C(=O)CC(C)(C)C2)C(c2ccc(OCc3ccccc3Br)cc2)C2=C1CC(C)(C)CC2=O. The molecule has 2 aromatic rings. The molecule has 0 N–H and O–H groups in total. The summed E-state index contributed by atoms with van der Waals surface area (Å²) in [6.45, 7) is 10.5. The molecule has 2 aromatic carbocycles. The molecule has 1 heterocycles. The van der Waals surface area contributed by atoms with Gasteiger partial charge in [0.05, 0.1) is 0 Å². The fourth-order valence-corrected chi connectivity index (χ4v) is 6.95. The van der Waals surface area contributed by atoms with Crippen LogP contribution >= 0.6 is 15.9 Å². The summed E-state index contributed by atoms with van der Waals surface area (Å²) >= 11 is 3.58. The molecular formula is C34H40BrNO4. The van der Waals surface area contributed by atoms with Crippen molar-refractivity contribution in [3.8, 4) is 5.75 Å². The van der Waals surface area contributed by atoms with Crippen LogP contribution in [0.5, 0.6) is 5.75 Å². The average Bonchev–Trinajstić information content (AvgIpc) is 2.87. The van der Waals surface area contributed by atoms with Crippen LogP contribution in [0.4, 0.5) is 0 Å². The summed E-state index contributed by atoms with van der Waals surface area (Å²) in [6.07, 6.45) is 3.45. The van der Waals surface area contributed by atoms with E-state index < -0.39 is 0 Å². The molecule has 0 amide bonds. The Morgan fingerprint density at radius 2 is 1.43 bits per heavy atom. The number of hydrogen-bond acceptors (Lipinski definition) is 5. The van der Waals surface area contributed by atoms with Crippen LogP contribution < -0.4 is 4.74 Å². The Balaban J connectivity index is 1.55. The highest BCUT2D eigenvalue weighted by molar-refractivity contribution is 9.10. The molecule has 0 saturated heterocycles. The van der Waals surface area contributed by atoms with Gasteiger partial charge in [-0.05, 0) is 53.9 Å². The van der Waals surface area contributed by atoms with Crippen molar-refractivity contribution in [2.75, 3.05) is 20.3 Å². The quantitative estimate of drug-likeness (QED) is 0.288. The summed E-state index contributed by atoms with van der Waals surface area (Å²) in [4.78, 5) is 30.1. The Kier molecular flexibility index (Phi) is 8.13. The highest BCUT2D eigenvalue weighted by Crippen LogP contribution is 2.54. The predicted molar refractivity (Wildman–Crippen MR) is 161 cm³/mol. The minimum absolute atomic E-state index is 0.129. The maximum absolute atomic E-state index is 13.9. The predicted octanol–water partition coefficient (Wildman–Crippen LogP) is 7.75. The Labute approximate surface area is 246 Å². The number of carbonyl (C=O) groups is 2. The van der Waals surface area contributed by atoms with Gasteiger partial charge in [-0.3, -0.25) is 9.59 Å². The summed E-state index contributed by atoms with van der Waals surface area (Å²) in [5.41, 5.74) is 5.61. The minimum Gasteiger partial charge on any atom is -0.489 e. The van der Waals surface area contributed by atoms with Gasteiger partial charge < -0.3 is 14.4 Å². The third-order valence-electron chi connectivity index (χ3n) is 8.32. The van der Waals surface area contributed by atoms with Crippen LogP contribution in [0.25, 0.3) is 0 Å². The van der Waals surface area contributed by atoms with E-state index in [1.165, 1.54) is 0 Å². The maximum Gasteiger partial charge on any atom is 0.162 e. The molecule has 40 heavy (non-hydrogen) atoms. The van der Waals surface area contributed by atoms with Crippen molar-refractivity contribution in [2.24, 2.45) is 10.8 Å². The first-order chi connectivity index (χ1) is 19.0. The van der Waals surface area contributed by atoms with Crippen molar-refractivity contribution in [2.45, 2.75) is 72.3 Å². The lowest BCUT2D eigenvalue weighted by atomic mass is 9.63. The van der Waals surface area contributed by atoms with Crippen LogP contribution in [-0.2, 0) is 20.9 Å². The third kappa shape index (κ3) is 5.84. The van der Waals surface area contributed by atoms with E-state index in [-0.39, 0.29) is 28.3 Å². The number of nitrogens with zero attached hydrogens (tertiary/aromatic N) is 1. The highest BCUT2D eigenvalue weighted by Gasteiger charge is 2.48. The molecule has 1 aliphatic heterocycles. The van der Waals surface area contributed by atoms with Gasteiger partial charge in [0.2, 0.25) is 0 Å². The van der Waals surface area contributed by atoms with Gasteiger partial charge in [-0.2, -0.15) is 0 Å². The lowest BCUT2D eigenvalue weighted by molar-refractivity contribution is -0.119. The smallest absolute Gasteiger partial charge is 0.162 e. The molecule has 0 spiro atoms. The Bertz CT molecular complexity index is 1310. The zero-order valence-corrected chi connectivity index (χ0v) is 25.9. The average molecular weight is 607 g/mol. The molecule has 212 valence electrons. The first kappa shape index (κ1) is 28.8. The molecule has 0 fully saturated rings. The van der Waals surface area contributed by atoms with Crippen molar-refractivity contribution in [1.82, 2.24) is 4.90 Å².